The number of pyridine rings is 1. The number of nitrogens with zero attached hydrogens (tertiary/aromatic N) is 1. The summed E-state index contributed by atoms with van der Waals surface area (Å²) in [5, 5.41) is 11.6. The van der Waals surface area contributed by atoms with Crippen molar-refractivity contribution < 1.29 is 14.7 Å². The van der Waals surface area contributed by atoms with E-state index >= 15 is 0 Å². The van der Waals surface area contributed by atoms with Crippen molar-refractivity contribution in [1.82, 2.24) is 9.88 Å². The number of carboxylic acids is 1. The lowest BCUT2D eigenvalue weighted by Gasteiger charge is -2.16. The Morgan fingerprint density at radius 3 is 2.60 bits per heavy atom. The van der Waals surface area contributed by atoms with E-state index < -0.39 is 17.8 Å². The molecule has 0 aliphatic carbocycles. The van der Waals surface area contributed by atoms with E-state index in [4.69, 9.17) is 5.11 Å². The summed E-state index contributed by atoms with van der Waals surface area (Å²) in [6.45, 7) is 3.48. The maximum absolute atomic E-state index is 11.7. The van der Waals surface area contributed by atoms with Gasteiger partial charge in [0.2, 0.25) is 5.91 Å². The molecule has 1 aromatic heterocycles. The fourth-order valence-corrected chi connectivity index (χ4v) is 2.05. The minimum absolute atomic E-state index is 0.0502. The first-order chi connectivity index (χ1) is 9.31. The second-order valence-electron chi connectivity index (χ2n) is 4.81. The summed E-state index contributed by atoms with van der Waals surface area (Å²) in [5.74, 6) is -2.06. The summed E-state index contributed by atoms with van der Waals surface area (Å²) in [6, 6.07) is 2.95. The molecule has 1 heterocycles. The van der Waals surface area contributed by atoms with Gasteiger partial charge in [0.15, 0.2) is 0 Å². The predicted octanol–water partition coefficient (Wildman–Crippen LogP) is 1.08. The summed E-state index contributed by atoms with van der Waals surface area (Å²) >= 11 is 3.22. The highest BCUT2D eigenvalue weighted by Crippen LogP contribution is 2.09. The van der Waals surface area contributed by atoms with Gasteiger partial charge in [0.05, 0.1) is 5.92 Å². The van der Waals surface area contributed by atoms with Crippen LogP contribution in [0, 0.1) is 11.8 Å². The zero-order chi connectivity index (χ0) is 15.3. The predicted molar refractivity (Wildman–Crippen MR) is 77.4 cm³/mol. The third-order valence-corrected chi connectivity index (χ3v) is 3.37. The molecule has 0 spiro atoms. The lowest BCUT2D eigenvalue weighted by atomic mass is 9.96. The summed E-state index contributed by atoms with van der Waals surface area (Å²) in [7, 11) is 0. The maximum Gasteiger partial charge on any atom is 0.308 e. The number of carbonyl (C=O) groups is 2. The fourth-order valence-electron chi connectivity index (χ4n) is 1.67. The highest BCUT2D eigenvalue weighted by molar-refractivity contribution is 9.10. The van der Waals surface area contributed by atoms with Crippen molar-refractivity contribution in [1.29, 1.82) is 0 Å². The SMILES string of the molecule is CC(C)C(CNC(=O)Cn1cc(Br)ccc1=O)C(=O)O. The van der Waals surface area contributed by atoms with Gasteiger partial charge in [-0.2, -0.15) is 0 Å². The van der Waals surface area contributed by atoms with Gasteiger partial charge in [0, 0.05) is 23.3 Å². The van der Waals surface area contributed by atoms with Gasteiger partial charge in [-0.25, -0.2) is 0 Å². The smallest absolute Gasteiger partial charge is 0.308 e. The van der Waals surface area contributed by atoms with Crippen molar-refractivity contribution >= 4 is 27.8 Å². The Bertz CT molecular complexity index is 554. The third kappa shape index (κ3) is 4.80. The van der Waals surface area contributed by atoms with Crippen LogP contribution in [-0.2, 0) is 16.1 Å². The van der Waals surface area contributed by atoms with Crippen molar-refractivity contribution in [3.63, 3.8) is 0 Å². The van der Waals surface area contributed by atoms with Gasteiger partial charge in [0.25, 0.3) is 5.56 Å². The van der Waals surface area contributed by atoms with Crippen LogP contribution in [0.1, 0.15) is 13.8 Å². The summed E-state index contributed by atoms with van der Waals surface area (Å²) in [4.78, 5) is 34.3. The van der Waals surface area contributed by atoms with E-state index in [1.54, 1.807) is 19.9 Å². The number of halogens is 1. The molecular formula is C13H17BrN2O4. The second kappa shape index (κ2) is 7.23. The molecule has 1 unspecified atom stereocenters. The first-order valence-electron chi connectivity index (χ1n) is 6.16. The molecule has 20 heavy (non-hydrogen) atoms. The van der Waals surface area contributed by atoms with Gasteiger partial charge in [-0.15, -0.1) is 0 Å². The molecule has 1 rings (SSSR count). The number of carboxylic acid groups (broad SMARTS) is 1. The van der Waals surface area contributed by atoms with Gasteiger partial charge < -0.3 is 15.0 Å². The van der Waals surface area contributed by atoms with E-state index in [1.807, 2.05) is 0 Å². The Labute approximate surface area is 124 Å². The summed E-state index contributed by atoms with van der Waals surface area (Å²) in [6.07, 6.45) is 1.51. The number of hydrogen-bond donors (Lipinski definition) is 2. The van der Waals surface area contributed by atoms with Crippen molar-refractivity contribution in [2.45, 2.75) is 20.4 Å². The molecule has 0 saturated heterocycles. The van der Waals surface area contributed by atoms with Crippen LogP contribution in [-0.4, -0.2) is 28.1 Å². The lowest BCUT2D eigenvalue weighted by molar-refractivity contribution is -0.143. The molecule has 1 aromatic rings. The van der Waals surface area contributed by atoms with Gasteiger partial charge in [-0.3, -0.25) is 14.4 Å². The molecule has 0 saturated carbocycles. The monoisotopic (exact) mass is 344 g/mol. The topological polar surface area (TPSA) is 88.4 Å². The third-order valence-electron chi connectivity index (χ3n) is 2.90. The standard InChI is InChI=1S/C13H17BrN2O4/c1-8(2)10(13(19)20)5-15-11(17)7-16-6-9(14)3-4-12(16)18/h3-4,6,8,10H,5,7H2,1-2H3,(H,15,17)(H,19,20). The molecule has 2 N–H and O–H groups in total. The highest BCUT2D eigenvalue weighted by Gasteiger charge is 2.21. The molecule has 0 bridgehead atoms. The van der Waals surface area contributed by atoms with Crippen molar-refractivity contribution in [3.8, 4) is 0 Å². The largest absolute Gasteiger partial charge is 0.481 e. The van der Waals surface area contributed by atoms with Gasteiger partial charge in [-0.1, -0.05) is 13.8 Å². The van der Waals surface area contributed by atoms with Crippen LogP contribution in [0.4, 0.5) is 0 Å². The maximum atomic E-state index is 11.7. The number of aromatic nitrogens is 1. The number of nitrogens with one attached hydrogen (secondary N) is 1. The van der Waals surface area contributed by atoms with Crippen LogP contribution < -0.4 is 10.9 Å². The quantitative estimate of drug-likeness (QED) is 0.808. The molecule has 7 heteroatoms. The van der Waals surface area contributed by atoms with Gasteiger partial charge in [-0.05, 0) is 27.9 Å². The van der Waals surface area contributed by atoms with E-state index in [-0.39, 0.29) is 24.6 Å². The van der Waals surface area contributed by atoms with E-state index in [1.165, 1.54) is 16.8 Å². The average molecular weight is 345 g/mol. The normalized spacial score (nSPS) is 12.2. The van der Waals surface area contributed by atoms with Gasteiger partial charge in [0.1, 0.15) is 6.54 Å². The fraction of sp³-hybridized carbons (Fsp3) is 0.462. The van der Waals surface area contributed by atoms with Gasteiger partial charge >= 0.3 is 5.97 Å². The number of amides is 1. The van der Waals surface area contributed by atoms with Crippen LogP contribution in [0.25, 0.3) is 0 Å². The van der Waals surface area contributed by atoms with E-state index in [9.17, 15) is 14.4 Å². The van der Waals surface area contributed by atoms with E-state index in [0.717, 1.165) is 0 Å². The number of carbonyl (C=O) groups excluding carboxylic acids is 1. The molecule has 1 atom stereocenters. The Morgan fingerprint density at radius 2 is 2.05 bits per heavy atom. The lowest BCUT2D eigenvalue weighted by Crippen LogP contribution is -2.38. The first-order valence-corrected chi connectivity index (χ1v) is 6.96. The summed E-state index contributed by atoms with van der Waals surface area (Å²) in [5.41, 5.74) is -0.290. The Balaban J connectivity index is 2.62. The van der Waals surface area contributed by atoms with E-state index in [2.05, 4.69) is 21.2 Å². The van der Waals surface area contributed by atoms with Crippen LogP contribution in [0.15, 0.2) is 27.6 Å². The van der Waals surface area contributed by atoms with Crippen LogP contribution in [0.2, 0.25) is 0 Å². The zero-order valence-electron chi connectivity index (χ0n) is 11.3. The zero-order valence-corrected chi connectivity index (χ0v) is 12.9. The summed E-state index contributed by atoms with van der Waals surface area (Å²) < 4.78 is 1.94. The molecule has 0 aliphatic heterocycles. The molecule has 6 nitrogen and oxygen atoms in total. The minimum atomic E-state index is -0.945. The van der Waals surface area contributed by atoms with Crippen LogP contribution >= 0.6 is 15.9 Å². The van der Waals surface area contributed by atoms with Crippen LogP contribution in [0.5, 0.6) is 0 Å². The van der Waals surface area contributed by atoms with Crippen molar-refractivity contribution in [2.24, 2.45) is 11.8 Å². The molecule has 0 aliphatic rings. The van der Waals surface area contributed by atoms with Crippen LogP contribution in [0.3, 0.4) is 0 Å². The number of hydrogen-bond acceptors (Lipinski definition) is 3. The Hall–Kier alpha value is -1.63. The molecule has 110 valence electrons. The highest BCUT2D eigenvalue weighted by atomic mass is 79.9. The molecule has 0 fully saturated rings. The molecule has 0 radical (unpaired) electrons. The molecular weight excluding hydrogens is 328 g/mol. The molecule has 0 aromatic carbocycles. The first kappa shape index (κ1) is 16.4. The Morgan fingerprint density at radius 1 is 1.40 bits per heavy atom. The minimum Gasteiger partial charge on any atom is -0.481 e. The number of aliphatic carboxylic acids is 1. The van der Waals surface area contributed by atoms with Crippen molar-refractivity contribution in [2.75, 3.05) is 6.54 Å². The second-order valence-corrected chi connectivity index (χ2v) is 5.72. The Kier molecular flexibility index (Phi) is 5.94. The average Bonchev–Trinajstić information content (AvgIpc) is 2.33. The molecule has 1 amide bonds. The van der Waals surface area contributed by atoms with Crippen molar-refractivity contribution in [3.05, 3.63) is 33.2 Å². The van der Waals surface area contributed by atoms with E-state index in [0.29, 0.717) is 4.47 Å². The number of rotatable bonds is 6.